The van der Waals surface area contributed by atoms with Crippen LogP contribution in [0.15, 0.2) is 77.7 Å². The summed E-state index contributed by atoms with van der Waals surface area (Å²) >= 11 is 0. The van der Waals surface area contributed by atoms with Crippen LogP contribution in [-0.2, 0) is 16.6 Å². The second kappa shape index (κ2) is 9.22. The number of aryl methyl sites for hydroxylation is 1. The molecule has 7 heteroatoms. The fourth-order valence-electron chi connectivity index (χ4n) is 3.14. The third-order valence-corrected chi connectivity index (χ3v) is 6.86. The van der Waals surface area contributed by atoms with Crippen LogP contribution in [0, 0.1) is 6.92 Å². The van der Waals surface area contributed by atoms with E-state index in [0.29, 0.717) is 17.8 Å². The number of amides is 1. The summed E-state index contributed by atoms with van der Waals surface area (Å²) in [4.78, 5) is 14.7. The van der Waals surface area contributed by atoms with E-state index in [0.717, 1.165) is 16.9 Å². The Kier molecular flexibility index (Phi) is 6.65. The number of sulfonamides is 1. The summed E-state index contributed by atoms with van der Waals surface area (Å²) in [7, 11) is 1.07. The van der Waals surface area contributed by atoms with Gasteiger partial charge < -0.3 is 9.64 Å². The molecule has 0 aliphatic heterocycles. The van der Waals surface area contributed by atoms with Crippen molar-refractivity contribution in [3.8, 4) is 5.75 Å². The molecule has 0 aromatic heterocycles. The van der Waals surface area contributed by atoms with E-state index in [1.807, 2.05) is 31.2 Å². The Labute approximate surface area is 183 Å². The molecular weight excluding hydrogens is 412 g/mol. The maximum absolute atomic E-state index is 13.0. The highest BCUT2D eigenvalue weighted by Crippen LogP contribution is 2.24. The number of hydrogen-bond donors (Lipinski definition) is 0. The highest BCUT2D eigenvalue weighted by atomic mass is 32.2. The molecule has 0 atom stereocenters. The lowest BCUT2D eigenvalue weighted by atomic mass is 10.1. The Bertz CT molecular complexity index is 1160. The molecule has 0 heterocycles. The largest absolute Gasteiger partial charge is 0.497 e. The average Bonchev–Trinajstić information content (AvgIpc) is 2.78. The van der Waals surface area contributed by atoms with E-state index in [9.17, 15) is 13.2 Å². The summed E-state index contributed by atoms with van der Waals surface area (Å²) in [5.74, 6) is 0.557. The number of anilines is 1. The molecule has 3 rings (SSSR count). The fraction of sp³-hybridized carbons (Fsp3) is 0.208. The zero-order valence-corrected chi connectivity index (χ0v) is 18.9. The number of methoxy groups -OCH3 is 1. The molecule has 0 fully saturated rings. The highest BCUT2D eigenvalue weighted by Gasteiger charge is 2.22. The summed E-state index contributed by atoms with van der Waals surface area (Å²) in [6.45, 7) is 2.32. The van der Waals surface area contributed by atoms with Gasteiger partial charge in [0, 0.05) is 26.2 Å². The number of hydrogen-bond acceptors (Lipinski definition) is 4. The van der Waals surface area contributed by atoms with Crippen molar-refractivity contribution >= 4 is 21.6 Å². The number of ether oxygens (including phenoxy) is 1. The zero-order chi connectivity index (χ0) is 22.6. The molecule has 0 saturated heterocycles. The van der Waals surface area contributed by atoms with Crippen molar-refractivity contribution in [2.24, 2.45) is 0 Å². The Morgan fingerprint density at radius 1 is 0.935 bits per heavy atom. The van der Waals surface area contributed by atoms with Crippen molar-refractivity contribution in [3.63, 3.8) is 0 Å². The molecule has 0 aliphatic carbocycles. The van der Waals surface area contributed by atoms with Crippen LogP contribution >= 0.6 is 0 Å². The number of benzene rings is 3. The predicted octanol–water partition coefficient (Wildman–Crippen LogP) is 4.10. The van der Waals surface area contributed by atoms with Gasteiger partial charge in [-0.15, -0.1) is 0 Å². The van der Waals surface area contributed by atoms with Gasteiger partial charge in [0.2, 0.25) is 0 Å². The highest BCUT2D eigenvalue weighted by molar-refractivity contribution is 7.92. The molecule has 0 bridgehead atoms. The van der Waals surface area contributed by atoms with Gasteiger partial charge in [-0.2, -0.15) is 0 Å². The number of carbonyl (C=O) groups is 1. The van der Waals surface area contributed by atoms with Crippen molar-refractivity contribution < 1.29 is 17.9 Å². The van der Waals surface area contributed by atoms with Gasteiger partial charge >= 0.3 is 0 Å². The van der Waals surface area contributed by atoms with Crippen LogP contribution < -0.4 is 9.04 Å². The number of carbonyl (C=O) groups excluding carboxylic acids is 1. The van der Waals surface area contributed by atoms with Crippen LogP contribution in [-0.4, -0.2) is 40.4 Å². The normalized spacial score (nSPS) is 11.1. The summed E-state index contributed by atoms with van der Waals surface area (Å²) in [5, 5.41) is 0. The molecule has 0 aliphatic rings. The lowest BCUT2D eigenvalue weighted by Gasteiger charge is -2.22. The van der Waals surface area contributed by atoms with Crippen LogP contribution in [0.3, 0.4) is 0 Å². The Morgan fingerprint density at radius 3 is 2.19 bits per heavy atom. The number of rotatable bonds is 7. The quantitative estimate of drug-likeness (QED) is 0.557. The molecule has 3 aromatic carbocycles. The van der Waals surface area contributed by atoms with Crippen molar-refractivity contribution in [1.29, 1.82) is 0 Å². The van der Waals surface area contributed by atoms with Crippen molar-refractivity contribution in [2.75, 3.05) is 25.5 Å². The van der Waals surface area contributed by atoms with Crippen molar-refractivity contribution in [2.45, 2.75) is 18.4 Å². The smallest absolute Gasteiger partial charge is 0.264 e. The molecule has 31 heavy (non-hydrogen) atoms. The molecule has 0 radical (unpaired) electrons. The van der Waals surface area contributed by atoms with Crippen LogP contribution in [0.2, 0.25) is 0 Å². The van der Waals surface area contributed by atoms with Gasteiger partial charge in [-0.1, -0.05) is 35.9 Å². The molecule has 0 saturated carbocycles. The monoisotopic (exact) mass is 438 g/mol. The van der Waals surface area contributed by atoms with Crippen LogP contribution in [0.1, 0.15) is 21.5 Å². The van der Waals surface area contributed by atoms with E-state index in [1.54, 1.807) is 67.6 Å². The fourth-order valence-corrected chi connectivity index (χ4v) is 4.33. The first-order valence-corrected chi connectivity index (χ1v) is 11.2. The summed E-state index contributed by atoms with van der Waals surface area (Å²) in [5.41, 5.74) is 2.78. The van der Waals surface area contributed by atoms with E-state index < -0.39 is 10.0 Å². The number of nitrogens with zero attached hydrogens (tertiary/aromatic N) is 2. The second-order valence-corrected chi connectivity index (χ2v) is 9.31. The first-order valence-electron chi connectivity index (χ1n) is 9.76. The van der Waals surface area contributed by atoms with Crippen molar-refractivity contribution in [3.05, 3.63) is 89.5 Å². The SMILES string of the molecule is COc1ccc(CN(C)C(=O)c2cccc(N(C)S(=O)(=O)c3ccc(C)cc3)c2)cc1. The molecular formula is C24H26N2O4S. The lowest BCUT2D eigenvalue weighted by Crippen LogP contribution is -2.28. The summed E-state index contributed by atoms with van der Waals surface area (Å²) in [6, 6.07) is 20.8. The third kappa shape index (κ3) is 5.06. The van der Waals surface area contributed by atoms with Gasteiger partial charge in [-0.05, 0) is 55.0 Å². The zero-order valence-electron chi connectivity index (χ0n) is 18.1. The van der Waals surface area contributed by atoms with Gasteiger partial charge in [0.1, 0.15) is 5.75 Å². The average molecular weight is 439 g/mol. The molecule has 0 spiro atoms. The topological polar surface area (TPSA) is 66.9 Å². The van der Waals surface area contributed by atoms with Crippen molar-refractivity contribution in [1.82, 2.24) is 4.90 Å². The van der Waals surface area contributed by atoms with E-state index in [1.165, 1.54) is 11.4 Å². The predicted molar refractivity (Wildman–Crippen MR) is 122 cm³/mol. The lowest BCUT2D eigenvalue weighted by molar-refractivity contribution is 0.0785. The van der Waals surface area contributed by atoms with Gasteiger partial charge in [0.25, 0.3) is 15.9 Å². The first kappa shape index (κ1) is 22.4. The molecule has 3 aromatic rings. The minimum atomic E-state index is -3.73. The second-order valence-electron chi connectivity index (χ2n) is 7.35. The van der Waals surface area contributed by atoms with Gasteiger partial charge in [0.15, 0.2) is 0 Å². The summed E-state index contributed by atoms with van der Waals surface area (Å²) in [6.07, 6.45) is 0. The molecule has 6 nitrogen and oxygen atoms in total. The maximum Gasteiger partial charge on any atom is 0.264 e. The molecule has 1 amide bonds. The third-order valence-electron chi connectivity index (χ3n) is 5.06. The Hall–Kier alpha value is -3.32. The Morgan fingerprint density at radius 2 is 1.58 bits per heavy atom. The van der Waals surface area contributed by atoms with Crippen LogP contribution in [0.4, 0.5) is 5.69 Å². The van der Waals surface area contributed by atoms with E-state index >= 15 is 0 Å². The van der Waals surface area contributed by atoms with Gasteiger partial charge in [-0.3, -0.25) is 9.10 Å². The van der Waals surface area contributed by atoms with Crippen LogP contribution in [0.5, 0.6) is 5.75 Å². The van der Waals surface area contributed by atoms with Gasteiger partial charge in [-0.25, -0.2) is 8.42 Å². The van der Waals surface area contributed by atoms with E-state index in [4.69, 9.17) is 4.74 Å². The first-order chi connectivity index (χ1) is 14.7. The van der Waals surface area contributed by atoms with E-state index in [-0.39, 0.29) is 10.8 Å². The molecule has 0 unspecified atom stereocenters. The summed E-state index contributed by atoms with van der Waals surface area (Å²) < 4.78 is 32.3. The minimum Gasteiger partial charge on any atom is -0.497 e. The van der Waals surface area contributed by atoms with Gasteiger partial charge in [0.05, 0.1) is 17.7 Å². The molecule has 0 N–H and O–H groups in total. The van der Waals surface area contributed by atoms with E-state index in [2.05, 4.69) is 0 Å². The Balaban J connectivity index is 1.79. The maximum atomic E-state index is 13.0. The molecule has 162 valence electrons. The minimum absolute atomic E-state index is 0.196. The standard InChI is InChI=1S/C24H26N2O4S/c1-18-8-14-23(15-9-18)31(28,29)26(3)21-7-5-6-20(16-21)24(27)25(2)17-19-10-12-22(30-4)13-11-19/h5-16H,17H2,1-4H3. The van der Waals surface area contributed by atoms with Crippen LogP contribution in [0.25, 0.3) is 0 Å².